The smallest absolute Gasteiger partial charge is 0.226 e. The fourth-order valence-electron chi connectivity index (χ4n) is 1.76. The molecule has 1 aromatic heterocycles. The van der Waals surface area contributed by atoms with Gasteiger partial charge in [-0.15, -0.1) is 0 Å². The monoisotopic (exact) mass is 341 g/mol. The number of rotatable bonds is 3. The summed E-state index contributed by atoms with van der Waals surface area (Å²) >= 11 is 2.32. The second-order valence-corrected chi connectivity index (χ2v) is 4.94. The van der Waals surface area contributed by atoms with E-state index in [9.17, 15) is 0 Å². The molecule has 1 aromatic carbocycles. The summed E-state index contributed by atoms with van der Waals surface area (Å²) in [4.78, 5) is 4.57. The van der Waals surface area contributed by atoms with Crippen LogP contribution in [0.1, 0.15) is 29.5 Å². The third-order valence-corrected chi connectivity index (χ3v) is 3.70. The molecule has 0 aliphatic carbocycles. The Kier molecular flexibility index (Phi) is 3.86. The van der Waals surface area contributed by atoms with Crippen molar-refractivity contribution in [3.05, 3.63) is 40.8 Å². The van der Waals surface area contributed by atoms with E-state index in [1.807, 2.05) is 0 Å². The second-order valence-electron chi connectivity index (χ2n) is 4.18. The van der Waals surface area contributed by atoms with Crippen LogP contribution >= 0.6 is 22.6 Å². The number of hydrogen-bond acceptors (Lipinski definition) is 2. The van der Waals surface area contributed by atoms with Crippen LogP contribution in [0.4, 0.5) is 0 Å². The molecule has 2 rings (SSSR count). The lowest BCUT2D eigenvalue weighted by atomic mass is 10.1. The van der Waals surface area contributed by atoms with Crippen molar-refractivity contribution in [2.45, 2.75) is 31.6 Å². The van der Waals surface area contributed by atoms with E-state index in [2.05, 4.69) is 66.5 Å². The van der Waals surface area contributed by atoms with Gasteiger partial charge in [-0.2, -0.15) is 0 Å². The molecule has 0 bridgehead atoms. The third-order valence-electron chi connectivity index (χ3n) is 2.98. The maximum atomic E-state index is 5.82. The standard InChI is InChI=1S/C14H16INO/c1-4-13-12(8-15)16-14(17-13)11-6-5-9(2)10(3)7-11/h5-7H,4,8H2,1-3H3. The normalized spacial score (nSPS) is 10.8. The van der Waals surface area contributed by atoms with Gasteiger partial charge in [0.15, 0.2) is 0 Å². The first-order valence-electron chi connectivity index (χ1n) is 5.77. The Balaban J connectivity index is 2.45. The predicted molar refractivity (Wildman–Crippen MR) is 78.5 cm³/mol. The molecule has 1 heterocycles. The fourth-order valence-corrected chi connectivity index (χ4v) is 2.36. The third kappa shape index (κ3) is 2.54. The highest BCUT2D eigenvalue weighted by atomic mass is 127. The zero-order valence-electron chi connectivity index (χ0n) is 10.4. The molecular weight excluding hydrogens is 325 g/mol. The topological polar surface area (TPSA) is 26.0 Å². The van der Waals surface area contributed by atoms with Crippen molar-refractivity contribution in [2.24, 2.45) is 0 Å². The number of hydrogen-bond donors (Lipinski definition) is 0. The highest BCUT2D eigenvalue weighted by Crippen LogP contribution is 2.25. The summed E-state index contributed by atoms with van der Waals surface area (Å²) in [6, 6.07) is 6.33. The van der Waals surface area contributed by atoms with Gasteiger partial charge < -0.3 is 4.42 Å². The van der Waals surface area contributed by atoms with E-state index in [4.69, 9.17) is 4.42 Å². The summed E-state index contributed by atoms with van der Waals surface area (Å²) in [5.41, 5.74) is 4.71. The first-order valence-corrected chi connectivity index (χ1v) is 7.30. The molecule has 0 saturated heterocycles. The van der Waals surface area contributed by atoms with Crippen LogP contribution in [0, 0.1) is 13.8 Å². The van der Waals surface area contributed by atoms with Crippen molar-refractivity contribution in [3.63, 3.8) is 0 Å². The quantitative estimate of drug-likeness (QED) is 0.609. The molecule has 3 heteroatoms. The van der Waals surface area contributed by atoms with Gasteiger partial charge in [0.2, 0.25) is 5.89 Å². The summed E-state index contributed by atoms with van der Waals surface area (Å²) in [5.74, 6) is 1.75. The van der Waals surface area contributed by atoms with E-state index in [0.29, 0.717) is 0 Å². The van der Waals surface area contributed by atoms with E-state index >= 15 is 0 Å². The molecule has 0 atom stereocenters. The fraction of sp³-hybridized carbons (Fsp3) is 0.357. The molecular formula is C14H16INO. The largest absolute Gasteiger partial charge is 0.441 e. The highest BCUT2D eigenvalue weighted by molar-refractivity contribution is 14.1. The Morgan fingerprint density at radius 1 is 1.24 bits per heavy atom. The Labute approximate surface area is 116 Å². The molecule has 0 N–H and O–H groups in total. The van der Waals surface area contributed by atoms with Crippen molar-refractivity contribution in [3.8, 4) is 11.5 Å². The molecule has 0 amide bonds. The Hall–Kier alpha value is -0.840. The Morgan fingerprint density at radius 3 is 2.53 bits per heavy atom. The number of nitrogens with zero attached hydrogens (tertiary/aromatic N) is 1. The van der Waals surface area contributed by atoms with Gasteiger partial charge >= 0.3 is 0 Å². The minimum Gasteiger partial charge on any atom is -0.441 e. The van der Waals surface area contributed by atoms with E-state index < -0.39 is 0 Å². The highest BCUT2D eigenvalue weighted by Gasteiger charge is 2.12. The maximum Gasteiger partial charge on any atom is 0.226 e. The molecule has 17 heavy (non-hydrogen) atoms. The van der Waals surface area contributed by atoms with Crippen LogP contribution in [-0.4, -0.2) is 4.98 Å². The molecule has 0 radical (unpaired) electrons. The minimum absolute atomic E-state index is 0.747. The SMILES string of the molecule is CCc1oc(-c2ccc(C)c(C)c2)nc1CI. The summed E-state index contributed by atoms with van der Waals surface area (Å²) < 4.78 is 6.72. The zero-order chi connectivity index (χ0) is 12.4. The summed E-state index contributed by atoms with van der Waals surface area (Å²) in [6.45, 7) is 6.32. The van der Waals surface area contributed by atoms with Crippen LogP contribution in [0.15, 0.2) is 22.6 Å². The molecule has 0 saturated carbocycles. The first-order chi connectivity index (χ1) is 8.15. The first kappa shape index (κ1) is 12.6. The maximum absolute atomic E-state index is 5.82. The van der Waals surface area contributed by atoms with Gasteiger partial charge in [-0.25, -0.2) is 4.98 Å². The van der Waals surface area contributed by atoms with Crippen molar-refractivity contribution >= 4 is 22.6 Å². The predicted octanol–water partition coefficient (Wildman–Crippen LogP) is 4.46. The summed E-state index contributed by atoms with van der Waals surface area (Å²) in [7, 11) is 0. The zero-order valence-corrected chi connectivity index (χ0v) is 12.5. The van der Waals surface area contributed by atoms with Crippen LogP contribution in [0.2, 0.25) is 0 Å². The minimum atomic E-state index is 0.747. The molecule has 2 nitrogen and oxygen atoms in total. The lowest BCUT2D eigenvalue weighted by molar-refractivity contribution is 0.522. The second kappa shape index (κ2) is 5.21. The number of oxazole rings is 1. The molecule has 0 spiro atoms. The van der Waals surface area contributed by atoms with Gasteiger partial charge in [-0.1, -0.05) is 35.6 Å². The van der Waals surface area contributed by atoms with Gasteiger partial charge in [0.1, 0.15) is 5.76 Å². The van der Waals surface area contributed by atoms with Gasteiger partial charge in [0.05, 0.1) is 5.69 Å². The molecule has 0 aliphatic rings. The average Bonchev–Trinajstić information content (AvgIpc) is 2.75. The Morgan fingerprint density at radius 2 is 2.00 bits per heavy atom. The molecule has 0 fully saturated rings. The van der Waals surface area contributed by atoms with E-state index in [0.717, 1.165) is 33.8 Å². The Bertz CT molecular complexity index is 510. The number of aromatic nitrogens is 1. The van der Waals surface area contributed by atoms with Gasteiger partial charge in [-0.05, 0) is 37.1 Å². The van der Waals surface area contributed by atoms with Crippen LogP contribution in [0.5, 0.6) is 0 Å². The number of alkyl halides is 1. The van der Waals surface area contributed by atoms with E-state index in [1.54, 1.807) is 0 Å². The molecule has 0 aliphatic heterocycles. The van der Waals surface area contributed by atoms with Crippen LogP contribution in [-0.2, 0) is 10.8 Å². The molecule has 0 unspecified atom stereocenters. The molecule has 2 aromatic rings. The van der Waals surface area contributed by atoms with Crippen LogP contribution in [0.3, 0.4) is 0 Å². The summed E-state index contributed by atoms with van der Waals surface area (Å²) in [6.07, 6.45) is 0.899. The average molecular weight is 341 g/mol. The number of aryl methyl sites for hydroxylation is 3. The van der Waals surface area contributed by atoms with Crippen molar-refractivity contribution in [1.29, 1.82) is 0 Å². The van der Waals surface area contributed by atoms with Crippen molar-refractivity contribution in [1.82, 2.24) is 4.98 Å². The van der Waals surface area contributed by atoms with Gasteiger partial charge in [-0.3, -0.25) is 0 Å². The van der Waals surface area contributed by atoms with Gasteiger partial charge in [0, 0.05) is 16.4 Å². The van der Waals surface area contributed by atoms with Crippen molar-refractivity contribution in [2.75, 3.05) is 0 Å². The number of benzene rings is 1. The van der Waals surface area contributed by atoms with Crippen molar-refractivity contribution < 1.29 is 4.42 Å². The summed E-state index contributed by atoms with van der Waals surface area (Å²) in [5, 5.41) is 0. The lowest BCUT2D eigenvalue weighted by Gasteiger charge is -2.01. The van der Waals surface area contributed by atoms with Crippen LogP contribution in [0.25, 0.3) is 11.5 Å². The van der Waals surface area contributed by atoms with E-state index in [-0.39, 0.29) is 0 Å². The number of halogens is 1. The van der Waals surface area contributed by atoms with Crippen LogP contribution < -0.4 is 0 Å². The van der Waals surface area contributed by atoms with E-state index in [1.165, 1.54) is 11.1 Å². The van der Waals surface area contributed by atoms with Gasteiger partial charge in [0.25, 0.3) is 0 Å². The molecule has 90 valence electrons. The lowest BCUT2D eigenvalue weighted by Crippen LogP contribution is -1.85.